The molecule has 45 heavy (non-hydrogen) atoms. The molecule has 0 aliphatic rings. The fourth-order valence-electron chi connectivity index (χ4n) is 3.47. The SMILES string of the molecule is CC/C=C\C/C=C\C/C=C\C/C=C\C/C=C\CCCC(=O)[O-].CC/C=C\C/C=C\C/C=C\C/C=C\C/C=C\CCCC(=O)[O-].[Ca+2]. The maximum atomic E-state index is 10.2. The summed E-state index contributed by atoms with van der Waals surface area (Å²) >= 11 is 0. The quantitative estimate of drug-likeness (QED) is 0.0536. The number of carbonyl (C=O) groups is 2. The van der Waals surface area contributed by atoms with Gasteiger partial charge in [-0.05, 0) is 103 Å². The van der Waals surface area contributed by atoms with Crippen LogP contribution in [0.5, 0.6) is 0 Å². The molecule has 0 fully saturated rings. The predicted molar refractivity (Wildman–Crippen MR) is 192 cm³/mol. The van der Waals surface area contributed by atoms with E-state index in [-0.39, 0.29) is 50.6 Å². The number of carboxylic acid groups (broad SMARTS) is 2. The van der Waals surface area contributed by atoms with Crippen LogP contribution in [-0.4, -0.2) is 49.7 Å². The molecule has 0 saturated heterocycles. The first kappa shape index (κ1) is 47.0. The Morgan fingerprint density at radius 3 is 0.778 bits per heavy atom. The van der Waals surface area contributed by atoms with Crippen molar-refractivity contribution in [3.8, 4) is 0 Å². The first-order valence-electron chi connectivity index (χ1n) is 16.4. The molecule has 0 saturated carbocycles. The van der Waals surface area contributed by atoms with Crippen LogP contribution in [0.3, 0.4) is 0 Å². The van der Waals surface area contributed by atoms with Gasteiger partial charge in [-0.15, -0.1) is 0 Å². The summed E-state index contributed by atoms with van der Waals surface area (Å²) < 4.78 is 0. The van der Waals surface area contributed by atoms with Crippen LogP contribution in [0.15, 0.2) is 122 Å². The average Bonchev–Trinajstić information content (AvgIpc) is 3.00. The third-order valence-electron chi connectivity index (χ3n) is 5.82. The average molecular weight is 643 g/mol. The molecule has 4 nitrogen and oxygen atoms in total. The fourth-order valence-corrected chi connectivity index (χ4v) is 3.47. The number of rotatable bonds is 26. The van der Waals surface area contributed by atoms with Crippen molar-refractivity contribution in [1.29, 1.82) is 0 Å². The van der Waals surface area contributed by atoms with Crippen molar-refractivity contribution < 1.29 is 19.8 Å². The van der Waals surface area contributed by atoms with E-state index in [9.17, 15) is 19.8 Å². The molecule has 0 aliphatic heterocycles. The molecule has 0 bridgehead atoms. The van der Waals surface area contributed by atoms with E-state index >= 15 is 0 Å². The summed E-state index contributed by atoms with van der Waals surface area (Å²) in [5.41, 5.74) is 0. The van der Waals surface area contributed by atoms with E-state index in [0.29, 0.717) is 12.8 Å². The van der Waals surface area contributed by atoms with E-state index in [1.54, 1.807) is 0 Å². The number of aliphatic carboxylic acids is 2. The van der Waals surface area contributed by atoms with Gasteiger partial charge in [0.2, 0.25) is 0 Å². The van der Waals surface area contributed by atoms with Crippen molar-refractivity contribution in [2.45, 2.75) is 117 Å². The van der Waals surface area contributed by atoms with Crippen molar-refractivity contribution in [2.24, 2.45) is 0 Å². The minimum absolute atomic E-state index is 0. The van der Waals surface area contributed by atoms with Crippen molar-refractivity contribution >= 4 is 49.7 Å². The number of hydrogen-bond acceptors (Lipinski definition) is 4. The van der Waals surface area contributed by atoms with Gasteiger partial charge in [0, 0.05) is 11.9 Å². The van der Waals surface area contributed by atoms with E-state index in [1.807, 2.05) is 12.2 Å². The van der Waals surface area contributed by atoms with Gasteiger partial charge in [-0.1, -0.05) is 135 Å². The van der Waals surface area contributed by atoms with Gasteiger partial charge >= 0.3 is 37.7 Å². The molecule has 0 aromatic heterocycles. The number of allylic oxidation sites excluding steroid dienone is 20. The molecule has 0 aliphatic carbocycles. The molecule has 0 amide bonds. The number of carbonyl (C=O) groups excluding carboxylic acids is 2. The summed E-state index contributed by atoms with van der Waals surface area (Å²) in [6.07, 6.45) is 56.2. The summed E-state index contributed by atoms with van der Waals surface area (Å²) in [5, 5.41) is 20.4. The van der Waals surface area contributed by atoms with Crippen LogP contribution in [0.1, 0.15) is 117 Å². The molecule has 0 spiro atoms. The first-order valence-corrected chi connectivity index (χ1v) is 16.4. The standard InChI is InChI=1S/2C20H30O2.Ca/c2*1-2-3-4-5-6-7-8-9-10-11-12-13-14-15-16-17-18-19-20(21)22;/h2*3-4,6-7,9-10,12-13,15-16H,2,5,8,11,14,17-19H2,1H3,(H,21,22);/q;;+2/p-2/b2*4-3-,7-6-,10-9-,13-12-,16-15-;. The Kier molecular flexibility index (Phi) is 45.7. The zero-order chi connectivity index (χ0) is 32.6. The summed E-state index contributed by atoms with van der Waals surface area (Å²) in [4.78, 5) is 20.4. The molecular weight excluding hydrogens is 585 g/mol. The van der Waals surface area contributed by atoms with E-state index in [0.717, 1.165) is 77.0 Å². The normalized spacial score (nSPS) is 12.5. The smallest absolute Gasteiger partial charge is 0.550 e. The van der Waals surface area contributed by atoms with E-state index in [4.69, 9.17) is 0 Å². The second-order valence-corrected chi connectivity index (χ2v) is 9.94. The van der Waals surface area contributed by atoms with Gasteiger partial charge in [0.05, 0.1) is 0 Å². The molecule has 0 atom stereocenters. The maximum absolute atomic E-state index is 10.2. The summed E-state index contributed by atoms with van der Waals surface area (Å²) in [5.74, 6) is -1.93. The second-order valence-electron chi connectivity index (χ2n) is 9.94. The third-order valence-corrected chi connectivity index (χ3v) is 5.82. The van der Waals surface area contributed by atoms with Gasteiger partial charge in [-0.2, -0.15) is 0 Å². The molecule has 0 radical (unpaired) electrons. The number of hydrogen-bond donors (Lipinski definition) is 0. The van der Waals surface area contributed by atoms with Crippen molar-refractivity contribution in [1.82, 2.24) is 0 Å². The minimum atomic E-state index is -0.965. The number of carboxylic acids is 2. The molecule has 0 aromatic carbocycles. The minimum Gasteiger partial charge on any atom is -0.550 e. The predicted octanol–water partition coefficient (Wildman–Crippen LogP) is 8.94. The van der Waals surface area contributed by atoms with E-state index in [2.05, 4.69) is 123 Å². The van der Waals surface area contributed by atoms with Gasteiger partial charge in [0.1, 0.15) is 0 Å². The molecule has 5 heteroatoms. The summed E-state index contributed by atoms with van der Waals surface area (Å²) in [6, 6.07) is 0. The molecule has 0 aromatic rings. The topological polar surface area (TPSA) is 80.3 Å². The molecular formula is C40H58CaO4. The van der Waals surface area contributed by atoms with Gasteiger partial charge in [-0.25, -0.2) is 0 Å². The van der Waals surface area contributed by atoms with Crippen LogP contribution >= 0.6 is 0 Å². The Morgan fingerprint density at radius 2 is 0.578 bits per heavy atom. The second kappa shape index (κ2) is 43.7. The Bertz CT molecular complexity index is 881. The van der Waals surface area contributed by atoms with Crippen LogP contribution in [0.25, 0.3) is 0 Å². The van der Waals surface area contributed by atoms with Crippen LogP contribution in [-0.2, 0) is 9.59 Å². The van der Waals surface area contributed by atoms with Crippen LogP contribution in [0.4, 0.5) is 0 Å². The molecule has 244 valence electrons. The monoisotopic (exact) mass is 642 g/mol. The Labute approximate surface area is 305 Å². The largest absolute Gasteiger partial charge is 2.00 e. The van der Waals surface area contributed by atoms with Gasteiger partial charge < -0.3 is 19.8 Å². The fraction of sp³-hybridized carbons (Fsp3) is 0.450. The molecule has 0 heterocycles. The van der Waals surface area contributed by atoms with Gasteiger partial charge in [0.25, 0.3) is 0 Å². The first-order chi connectivity index (χ1) is 21.5. The Hall–Kier alpha value is -2.40. The van der Waals surface area contributed by atoms with E-state index in [1.165, 1.54) is 0 Å². The third kappa shape index (κ3) is 51.5. The van der Waals surface area contributed by atoms with Crippen LogP contribution in [0.2, 0.25) is 0 Å². The number of unbranched alkanes of at least 4 members (excludes halogenated alkanes) is 2. The zero-order valence-electron chi connectivity index (χ0n) is 28.2. The maximum Gasteiger partial charge on any atom is 2.00 e. The Morgan fingerprint density at radius 1 is 0.378 bits per heavy atom. The van der Waals surface area contributed by atoms with E-state index < -0.39 is 11.9 Å². The molecule has 0 unspecified atom stereocenters. The summed E-state index contributed by atoms with van der Waals surface area (Å²) in [7, 11) is 0. The molecule has 0 rings (SSSR count). The van der Waals surface area contributed by atoms with Gasteiger partial charge in [-0.3, -0.25) is 0 Å². The molecule has 0 N–H and O–H groups in total. The zero-order valence-corrected chi connectivity index (χ0v) is 30.4. The van der Waals surface area contributed by atoms with Crippen LogP contribution < -0.4 is 10.2 Å². The van der Waals surface area contributed by atoms with Gasteiger partial charge in [0.15, 0.2) is 0 Å². The Balaban J connectivity index is -0.000000767. The van der Waals surface area contributed by atoms with Crippen molar-refractivity contribution in [3.05, 3.63) is 122 Å². The van der Waals surface area contributed by atoms with Crippen molar-refractivity contribution in [3.63, 3.8) is 0 Å². The van der Waals surface area contributed by atoms with Crippen molar-refractivity contribution in [2.75, 3.05) is 0 Å². The van der Waals surface area contributed by atoms with Crippen LogP contribution in [0, 0.1) is 0 Å². The summed E-state index contributed by atoms with van der Waals surface area (Å²) in [6.45, 7) is 4.28.